The second-order valence-corrected chi connectivity index (χ2v) is 24.5. The van der Waals surface area contributed by atoms with Crippen LogP contribution in [0.1, 0.15) is 86.3 Å². The summed E-state index contributed by atoms with van der Waals surface area (Å²) in [5, 5.41) is 30.6. The Bertz CT molecular complexity index is 2240. The maximum absolute atomic E-state index is 13.4. The molecule has 0 aliphatic heterocycles. The number of hydrogen-bond donors (Lipinski definition) is 4. The van der Waals surface area contributed by atoms with E-state index in [1.165, 1.54) is 28.7 Å². The van der Waals surface area contributed by atoms with Gasteiger partial charge in [-0.25, -0.2) is 4.79 Å². The molecule has 1 aliphatic carbocycles. The van der Waals surface area contributed by atoms with Crippen molar-refractivity contribution < 1.29 is 33.6 Å². The van der Waals surface area contributed by atoms with E-state index in [9.17, 15) is 19.8 Å². The van der Waals surface area contributed by atoms with Crippen molar-refractivity contribution in [2.75, 3.05) is 33.9 Å². The molecule has 4 N–H and O–H groups in total. The Morgan fingerprint density at radius 3 is 2.31 bits per heavy atom. The summed E-state index contributed by atoms with van der Waals surface area (Å²) in [6, 6.07) is 18.0. The number of hydrogen-bond acceptors (Lipinski definition) is 12. The van der Waals surface area contributed by atoms with Crippen LogP contribution in [0.2, 0.25) is 23.2 Å². The molecule has 2 aromatic carbocycles. The number of unbranched alkanes of at least 4 members (excludes halogenated alkanes) is 1. The number of rotatable bonds is 19. The number of carbonyl (C=O) groups is 1. The number of aromatic hydroxyl groups is 1. The highest BCUT2D eigenvalue weighted by Crippen LogP contribution is 2.42. The Morgan fingerprint density at radius 2 is 1.69 bits per heavy atom. The van der Waals surface area contributed by atoms with E-state index < -0.39 is 19.9 Å². The van der Waals surface area contributed by atoms with Gasteiger partial charge < -0.3 is 44.1 Å². The van der Waals surface area contributed by atoms with E-state index in [1.807, 2.05) is 41.1 Å². The lowest BCUT2D eigenvalue weighted by atomic mass is 9.91. The normalized spacial score (nSPS) is 16.8. The summed E-state index contributed by atoms with van der Waals surface area (Å²) in [4.78, 5) is 31.9. The van der Waals surface area contributed by atoms with Crippen molar-refractivity contribution in [2.45, 2.75) is 108 Å². The molecule has 0 radical (unpaired) electrons. The van der Waals surface area contributed by atoms with Crippen LogP contribution in [0.4, 0.5) is 0 Å². The molecule has 0 amide bonds. The van der Waals surface area contributed by atoms with E-state index in [4.69, 9.17) is 30.2 Å². The maximum Gasteiger partial charge on any atom is 0.349 e. The van der Waals surface area contributed by atoms with E-state index >= 15 is 0 Å². The van der Waals surface area contributed by atoms with Crippen molar-refractivity contribution in [1.82, 2.24) is 15.2 Å². The van der Waals surface area contributed by atoms with Crippen LogP contribution in [0, 0.1) is 0 Å². The highest BCUT2D eigenvalue weighted by molar-refractivity contribution is 7.12. The van der Waals surface area contributed by atoms with Crippen LogP contribution >= 0.6 is 34.3 Å². The number of carbonyl (C=O) groups excluding carboxylic acids is 1. The van der Waals surface area contributed by atoms with Crippen molar-refractivity contribution in [3.63, 3.8) is 0 Å². The van der Waals surface area contributed by atoms with Crippen molar-refractivity contribution in [3.05, 3.63) is 108 Å². The van der Waals surface area contributed by atoms with Crippen LogP contribution in [0.15, 0.2) is 76.2 Å². The molecule has 0 spiro atoms. The number of halogens is 1. The Hall–Kier alpha value is -3.73. The number of thiophene rings is 2. The molecule has 0 saturated heterocycles. The largest absolute Gasteiger partial charge is 0.506 e. The molecule has 3 heterocycles. The zero-order valence-corrected chi connectivity index (χ0v) is 39.6. The first-order valence-corrected chi connectivity index (χ1v) is 26.0. The summed E-state index contributed by atoms with van der Waals surface area (Å²) in [6.07, 6.45) is 4.55. The Morgan fingerprint density at radius 1 is 1.00 bits per heavy atom. The average Bonchev–Trinajstić information content (AvgIpc) is 3.98. The van der Waals surface area contributed by atoms with Gasteiger partial charge in [0, 0.05) is 42.2 Å². The van der Waals surface area contributed by atoms with Crippen LogP contribution in [0.25, 0.3) is 10.9 Å². The van der Waals surface area contributed by atoms with Gasteiger partial charge in [-0.05, 0) is 117 Å². The van der Waals surface area contributed by atoms with E-state index in [0.717, 1.165) is 61.6 Å². The summed E-state index contributed by atoms with van der Waals surface area (Å²) in [6.45, 7) is 13.3. The highest BCUT2D eigenvalue weighted by atomic mass is 35.5. The summed E-state index contributed by atoms with van der Waals surface area (Å²) < 4.78 is 24.9. The number of nitrogens with one attached hydrogen (secondary N) is 2. The number of phenolic OH excluding ortho intramolecular Hbond substituents is 1. The number of nitrogens with zero attached hydrogens (tertiary/aromatic N) is 1. The first kappa shape index (κ1) is 46.8. The molecule has 1 aliphatic rings. The van der Waals surface area contributed by atoms with Crippen LogP contribution in [-0.4, -0.2) is 80.4 Å². The van der Waals surface area contributed by atoms with E-state index in [-0.39, 0.29) is 28.6 Å². The lowest BCUT2D eigenvalue weighted by molar-refractivity contribution is -0.169. The quantitative estimate of drug-likeness (QED) is 0.0360. The number of H-pyrrole nitrogens is 1. The standard InChI is InChI=1S/C46H60ClN3O8S2Si/c1-45(2,3)61(6,7)58-39(33-18-20-36(51)43-34(33)19-21-42(52)49-43)29-48-28-30-26-35(47)38(27-37(30)55-5)56-23-9-8-22-50(4)31-14-16-32(17-15-31)57-44(53)46(54,40-12-10-24-59-40)41-13-11-25-60-41/h10-13,18-21,24-27,31-32,39,48,51,54H,8-9,14-17,22-23,28-29H2,1-7H3,(H,49,52)/t31-,32-,39-/m0/s1. The average molecular weight is 911 g/mol. The minimum atomic E-state index is -2.25. The maximum atomic E-state index is 13.4. The fourth-order valence-corrected chi connectivity index (χ4v) is 10.8. The minimum Gasteiger partial charge on any atom is -0.506 e. The van der Waals surface area contributed by atoms with Gasteiger partial charge in [0.2, 0.25) is 11.2 Å². The van der Waals surface area contributed by atoms with E-state index in [1.54, 1.807) is 31.4 Å². The summed E-state index contributed by atoms with van der Waals surface area (Å²) in [7, 11) is 1.53. The number of aliphatic hydroxyl groups is 1. The van der Waals surface area contributed by atoms with Gasteiger partial charge in [0.1, 0.15) is 23.4 Å². The Labute approximate surface area is 373 Å². The third-order valence-electron chi connectivity index (χ3n) is 12.2. The fourth-order valence-electron chi connectivity index (χ4n) is 7.60. The molecule has 0 bridgehead atoms. The van der Waals surface area contributed by atoms with E-state index in [2.05, 4.69) is 56.1 Å². The Kier molecular flexibility index (Phi) is 15.5. The van der Waals surface area contributed by atoms with Gasteiger partial charge in [0.25, 0.3) is 0 Å². The third-order valence-corrected chi connectivity index (χ3v) is 19.0. The lowest BCUT2D eigenvalue weighted by Crippen LogP contribution is -2.43. The fraction of sp³-hybridized carbons (Fsp3) is 0.478. The molecule has 11 nitrogen and oxygen atoms in total. The van der Waals surface area contributed by atoms with Crippen molar-refractivity contribution >= 4 is 59.5 Å². The number of fused-ring (bicyclic) bond motifs is 1. The number of methoxy groups -OCH3 is 1. The van der Waals surface area contributed by atoms with Gasteiger partial charge in [0.05, 0.1) is 40.1 Å². The highest BCUT2D eigenvalue weighted by Gasteiger charge is 2.45. The van der Waals surface area contributed by atoms with Crippen LogP contribution in [0.5, 0.6) is 17.2 Å². The van der Waals surface area contributed by atoms with Crippen LogP contribution in [-0.2, 0) is 26.1 Å². The zero-order chi connectivity index (χ0) is 44.0. The first-order chi connectivity index (χ1) is 29.0. The van der Waals surface area contributed by atoms with Gasteiger partial charge >= 0.3 is 5.97 Å². The summed E-state index contributed by atoms with van der Waals surface area (Å²) >= 11 is 9.48. The van der Waals surface area contributed by atoms with Gasteiger partial charge in [-0.2, -0.15) is 0 Å². The predicted molar refractivity (Wildman–Crippen MR) is 248 cm³/mol. The molecular formula is C46H60ClN3O8S2Si. The molecule has 1 atom stereocenters. The third kappa shape index (κ3) is 11.1. The number of ether oxygens (including phenoxy) is 3. The molecule has 3 aromatic heterocycles. The number of pyridine rings is 1. The molecule has 5 aromatic rings. The second kappa shape index (κ2) is 20.2. The number of benzene rings is 2. The summed E-state index contributed by atoms with van der Waals surface area (Å²) in [5.41, 5.74) is 0.0718. The number of phenols is 1. The number of esters is 1. The first-order valence-electron chi connectivity index (χ1n) is 21.0. The zero-order valence-electron chi connectivity index (χ0n) is 36.2. The van der Waals surface area contributed by atoms with Crippen molar-refractivity contribution in [3.8, 4) is 17.2 Å². The van der Waals surface area contributed by atoms with E-state index in [0.29, 0.717) is 57.5 Å². The number of aromatic amines is 1. The smallest absolute Gasteiger partial charge is 0.349 e. The van der Waals surface area contributed by atoms with Crippen molar-refractivity contribution in [2.24, 2.45) is 0 Å². The molecule has 61 heavy (non-hydrogen) atoms. The summed E-state index contributed by atoms with van der Waals surface area (Å²) in [5.74, 6) is 0.634. The van der Waals surface area contributed by atoms with Gasteiger partial charge in [-0.1, -0.05) is 50.6 Å². The minimum absolute atomic E-state index is 0.0110. The second-order valence-electron chi connectivity index (χ2n) is 17.4. The molecular weight excluding hydrogens is 850 g/mol. The Balaban J connectivity index is 0.977. The van der Waals surface area contributed by atoms with Gasteiger partial charge in [0.15, 0.2) is 8.32 Å². The molecule has 1 saturated carbocycles. The topological polar surface area (TPSA) is 143 Å². The predicted octanol–water partition coefficient (Wildman–Crippen LogP) is 9.75. The van der Waals surface area contributed by atoms with Crippen molar-refractivity contribution in [1.29, 1.82) is 0 Å². The van der Waals surface area contributed by atoms with Crippen LogP contribution in [0.3, 0.4) is 0 Å². The van der Waals surface area contributed by atoms with Gasteiger partial charge in [-0.15, -0.1) is 22.7 Å². The molecule has 0 unspecified atom stereocenters. The molecule has 1 fully saturated rings. The monoisotopic (exact) mass is 909 g/mol. The van der Waals surface area contributed by atoms with Crippen LogP contribution < -0.4 is 20.3 Å². The number of aromatic nitrogens is 1. The molecule has 6 rings (SSSR count). The lowest BCUT2D eigenvalue weighted by Gasteiger charge is -2.39. The molecule has 330 valence electrons. The van der Waals surface area contributed by atoms with Gasteiger partial charge in [-0.3, -0.25) is 4.79 Å². The molecule has 15 heteroatoms. The SMILES string of the molecule is COc1cc(OCCCCN(C)[C@H]2CC[C@H](OC(=O)C(O)(c3cccs3)c3cccs3)CC2)c(Cl)cc1CNC[C@H](O[Si](C)(C)C(C)(C)C)c1ccc(O)c2[nH]c(=O)ccc12.